The van der Waals surface area contributed by atoms with Crippen molar-refractivity contribution in [2.45, 2.75) is 46.2 Å². The lowest BCUT2D eigenvalue weighted by Crippen LogP contribution is -2.47. The molecular weight excluding hydrogens is 272 g/mol. The van der Waals surface area contributed by atoms with Gasteiger partial charge in [-0.05, 0) is 25.3 Å². The summed E-state index contributed by atoms with van der Waals surface area (Å²) < 4.78 is 1.41. The Balaban J connectivity index is 3.16. The molecule has 0 aliphatic carbocycles. The monoisotopic (exact) mass is 294 g/mol. The van der Waals surface area contributed by atoms with Gasteiger partial charge in [0.1, 0.15) is 12.1 Å². The van der Waals surface area contributed by atoms with E-state index in [1.807, 2.05) is 13.8 Å². The Hall–Kier alpha value is -2.11. The lowest BCUT2D eigenvalue weighted by atomic mass is 10.0. The Morgan fingerprint density at radius 3 is 2.38 bits per heavy atom. The van der Waals surface area contributed by atoms with Crippen LogP contribution in [0.1, 0.15) is 38.9 Å². The predicted molar refractivity (Wildman–Crippen MR) is 79.2 cm³/mol. The molecule has 6 heteroatoms. The van der Waals surface area contributed by atoms with E-state index in [4.69, 9.17) is 5.11 Å². The van der Waals surface area contributed by atoms with E-state index in [0.717, 1.165) is 0 Å². The molecule has 0 spiro atoms. The average molecular weight is 294 g/mol. The Morgan fingerprint density at radius 2 is 1.95 bits per heavy atom. The minimum atomic E-state index is -1.08. The molecule has 0 saturated heterocycles. The second kappa shape index (κ2) is 7.06. The Kier molecular flexibility index (Phi) is 5.69. The summed E-state index contributed by atoms with van der Waals surface area (Å²) in [6.45, 7) is 7.08. The Labute approximate surface area is 123 Å². The van der Waals surface area contributed by atoms with Crippen LogP contribution in [0.3, 0.4) is 0 Å². The van der Waals surface area contributed by atoms with Crippen LogP contribution in [-0.2, 0) is 9.59 Å². The van der Waals surface area contributed by atoms with Crippen LogP contribution >= 0.6 is 0 Å². The summed E-state index contributed by atoms with van der Waals surface area (Å²) >= 11 is 0. The summed E-state index contributed by atoms with van der Waals surface area (Å²) in [5.74, 6) is -1.67. The SMILES string of the molecule is CCC(NC(=O)C(C(C)C)n1c(C)cccc1=O)C(=O)O. The fourth-order valence-electron chi connectivity index (χ4n) is 2.27. The quantitative estimate of drug-likeness (QED) is 0.828. The third-order valence-electron chi connectivity index (χ3n) is 3.39. The molecule has 0 aromatic carbocycles. The van der Waals surface area contributed by atoms with Gasteiger partial charge in [0.05, 0.1) is 0 Å². The summed E-state index contributed by atoms with van der Waals surface area (Å²) in [5.41, 5.74) is 0.395. The number of pyridine rings is 1. The lowest BCUT2D eigenvalue weighted by Gasteiger charge is -2.26. The number of aliphatic carboxylic acids is 1. The van der Waals surface area contributed by atoms with Crippen molar-refractivity contribution < 1.29 is 14.7 Å². The molecule has 1 rings (SSSR count). The topological polar surface area (TPSA) is 88.4 Å². The first-order chi connectivity index (χ1) is 9.79. The molecule has 0 aliphatic rings. The number of carbonyl (C=O) groups is 2. The van der Waals surface area contributed by atoms with Gasteiger partial charge >= 0.3 is 5.97 Å². The molecule has 1 heterocycles. The van der Waals surface area contributed by atoms with Crippen LogP contribution in [-0.4, -0.2) is 27.6 Å². The highest BCUT2D eigenvalue weighted by Gasteiger charge is 2.29. The highest BCUT2D eigenvalue weighted by molar-refractivity contribution is 5.86. The zero-order valence-electron chi connectivity index (χ0n) is 12.8. The van der Waals surface area contributed by atoms with Crippen LogP contribution in [0.15, 0.2) is 23.0 Å². The molecule has 21 heavy (non-hydrogen) atoms. The van der Waals surface area contributed by atoms with Gasteiger partial charge in [0.15, 0.2) is 0 Å². The van der Waals surface area contributed by atoms with Gasteiger partial charge in [0.25, 0.3) is 5.56 Å². The van der Waals surface area contributed by atoms with E-state index in [-0.39, 0.29) is 17.9 Å². The summed E-state index contributed by atoms with van der Waals surface area (Å²) in [4.78, 5) is 35.5. The van der Waals surface area contributed by atoms with Gasteiger partial charge < -0.3 is 15.0 Å². The number of carbonyl (C=O) groups excluding carboxylic acids is 1. The van der Waals surface area contributed by atoms with E-state index in [2.05, 4.69) is 5.32 Å². The highest BCUT2D eigenvalue weighted by Crippen LogP contribution is 2.18. The number of aromatic nitrogens is 1. The maximum atomic E-state index is 12.4. The Morgan fingerprint density at radius 1 is 1.33 bits per heavy atom. The van der Waals surface area contributed by atoms with Crippen molar-refractivity contribution in [3.05, 3.63) is 34.2 Å². The molecule has 0 saturated carbocycles. The molecule has 0 fully saturated rings. The van der Waals surface area contributed by atoms with E-state index in [9.17, 15) is 14.4 Å². The third-order valence-corrected chi connectivity index (χ3v) is 3.39. The number of aryl methyl sites for hydroxylation is 1. The molecule has 2 unspecified atom stereocenters. The molecule has 2 N–H and O–H groups in total. The maximum absolute atomic E-state index is 12.4. The van der Waals surface area contributed by atoms with Crippen LogP contribution in [0.5, 0.6) is 0 Å². The molecule has 116 valence electrons. The van der Waals surface area contributed by atoms with Crippen LogP contribution < -0.4 is 10.9 Å². The lowest BCUT2D eigenvalue weighted by molar-refractivity contribution is -0.142. The van der Waals surface area contributed by atoms with E-state index in [1.165, 1.54) is 10.6 Å². The number of amides is 1. The van der Waals surface area contributed by atoms with Gasteiger partial charge in [0.2, 0.25) is 5.91 Å². The predicted octanol–water partition coefficient (Wildman–Crippen LogP) is 1.33. The summed E-state index contributed by atoms with van der Waals surface area (Å²) in [6, 6.07) is 3.10. The number of carboxylic acids is 1. The van der Waals surface area contributed by atoms with Gasteiger partial charge in [-0.25, -0.2) is 4.79 Å². The molecule has 1 aromatic heterocycles. The average Bonchev–Trinajstić information content (AvgIpc) is 2.39. The van der Waals surface area contributed by atoms with Gasteiger partial charge in [-0.3, -0.25) is 9.59 Å². The van der Waals surface area contributed by atoms with E-state index in [1.54, 1.807) is 26.0 Å². The number of rotatable bonds is 6. The molecule has 1 amide bonds. The van der Waals surface area contributed by atoms with Crippen molar-refractivity contribution in [1.82, 2.24) is 9.88 Å². The van der Waals surface area contributed by atoms with Crippen molar-refractivity contribution in [2.75, 3.05) is 0 Å². The molecule has 0 radical (unpaired) electrons. The molecular formula is C15H22N2O4. The molecule has 0 aliphatic heterocycles. The van der Waals surface area contributed by atoms with Gasteiger partial charge in [-0.15, -0.1) is 0 Å². The van der Waals surface area contributed by atoms with Crippen molar-refractivity contribution in [3.63, 3.8) is 0 Å². The third kappa shape index (κ3) is 3.93. The van der Waals surface area contributed by atoms with Crippen LogP contribution in [0, 0.1) is 12.8 Å². The second-order valence-electron chi connectivity index (χ2n) is 5.37. The van der Waals surface area contributed by atoms with E-state index >= 15 is 0 Å². The normalized spacial score (nSPS) is 13.8. The van der Waals surface area contributed by atoms with Crippen molar-refractivity contribution in [2.24, 2.45) is 5.92 Å². The summed E-state index contributed by atoms with van der Waals surface area (Å²) in [5, 5.41) is 11.5. The van der Waals surface area contributed by atoms with Crippen LogP contribution in [0.4, 0.5) is 0 Å². The van der Waals surface area contributed by atoms with Crippen LogP contribution in [0.25, 0.3) is 0 Å². The molecule has 0 bridgehead atoms. The number of hydrogen-bond acceptors (Lipinski definition) is 3. The summed E-state index contributed by atoms with van der Waals surface area (Å²) in [7, 11) is 0. The number of nitrogens with zero attached hydrogens (tertiary/aromatic N) is 1. The first-order valence-corrected chi connectivity index (χ1v) is 7.00. The first-order valence-electron chi connectivity index (χ1n) is 7.00. The minimum Gasteiger partial charge on any atom is -0.480 e. The minimum absolute atomic E-state index is 0.143. The number of nitrogens with one attached hydrogen (secondary N) is 1. The van der Waals surface area contributed by atoms with Crippen molar-refractivity contribution >= 4 is 11.9 Å². The molecule has 6 nitrogen and oxygen atoms in total. The molecule has 1 aromatic rings. The largest absolute Gasteiger partial charge is 0.480 e. The van der Waals surface area contributed by atoms with Crippen LogP contribution in [0.2, 0.25) is 0 Å². The Bertz CT molecular complexity index is 577. The fourth-order valence-corrected chi connectivity index (χ4v) is 2.27. The van der Waals surface area contributed by atoms with Gasteiger partial charge in [-0.2, -0.15) is 0 Å². The highest BCUT2D eigenvalue weighted by atomic mass is 16.4. The number of hydrogen-bond donors (Lipinski definition) is 2. The van der Waals surface area contributed by atoms with Crippen molar-refractivity contribution in [1.29, 1.82) is 0 Å². The summed E-state index contributed by atoms with van der Waals surface area (Å²) in [6.07, 6.45) is 0.286. The first kappa shape index (κ1) is 16.9. The smallest absolute Gasteiger partial charge is 0.326 e. The van der Waals surface area contributed by atoms with Gasteiger partial charge in [0, 0.05) is 11.8 Å². The van der Waals surface area contributed by atoms with E-state index < -0.39 is 24.0 Å². The van der Waals surface area contributed by atoms with Crippen molar-refractivity contribution in [3.8, 4) is 0 Å². The standard InChI is InChI=1S/C15H22N2O4/c1-5-11(15(20)21)16-14(19)13(9(2)3)17-10(4)7-6-8-12(17)18/h6-9,11,13H,5H2,1-4H3,(H,16,19)(H,20,21). The van der Waals surface area contributed by atoms with Gasteiger partial charge in [-0.1, -0.05) is 26.8 Å². The maximum Gasteiger partial charge on any atom is 0.326 e. The fraction of sp³-hybridized carbons (Fsp3) is 0.533. The number of carboxylic acid groups (broad SMARTS) is 1. The molecule has 2 atom stereocenters. The zero-order valence-corrected chi connectivity index (χ0v) is 12.8. The zero-order chi connectivity index (χ0) is 16.2. The second-order valence-corrected chi connectivity index (χ2v) is 5.37. The van der Waals surface area contributed by atoms with E-state index in [0.29, 0.717) is 5.69 Å².